The second kappa shape index (κ2) is 21.7. The van der Waals surface area contributed by atoms with E-state index < -0.39 is 21.5 Å². The molecule has 0 bridgehead atoms. The van der Waals surface area contributed by atoms with Gasteiger partial charge in [0.15, 0.2) is 0 Å². The van der Waals surface area contributed by atoms with Crippen molar-refractivity contribution >= 4 is 10.1 Å². The Bertz CT molecular complexity index is 415. The molecule has 2 atom stereocenters. The van der Waals surface area contributed by atoms with Crippen LogP contribution in [0, 0.1) is 0 Å². The van der Waals surface area contributed by atoms with Crippen molar-refractivity contribution in [1.82, 2.24) is 0 Å². The van der Waals surface area contributed by atoms with Crippen molar-refractivity contribution in [3.63, 3.8) is 0 Å². The van der Waals surface area contributed by atoms with Crippen molar-refractivity contribution in [2.45, 2.75) is 141 Å². The number of aliphatic hydroxyl groups excluding tert-OH is 1. The fourth-order valence-corrected chi connectivity index (χ4v) is 4.50. The zero-order valence-electron chi connectivity index (χ0n) is 19.0. The van der Waals surface area contributed by atoms with Gasteiger partial charge >= 0.3 is 51.4 Å². The van der Waals surface area contributed by atoms with Gasteiger partial charge in [0.2, 0.25) is 0 Å². The van der Waals surface area contributed by atoms with E-state index in [1.54, 1.807) is 0 Å². The summed E-state index contributed by atoms with van der Waals surface area (Å²) in [4.78, 5) is 0. The molecule has 4 nitrogen and oxygen atoms in total. The van der Waals surface area contributed by atoms with E-state index in [1.165, 1.54) is 57.8 Å². The van der Waals surface area contributed by atoms with E-state index in [4.69, 9.17) is 0 Å². The van der Waals surface area contributed by atoms with Gasteiger partial charge in [-0.05, 0) is 25.7 Å². The average Bonchev–Trinajstić information content (AvgIpc) is 2.61. The topological polar surface area (TPSA) is 77.4 Å². The molecule has 6 heteroatoms. The minimum absolute atomic E-state index is 0. The van der Waals surface area contributed by atoms with Crippen molar-refractivity contribution in [3.05, 3.63) is 0 Å². The summed E-state index contributed by atoms with van der Waals surface area (Å²) in [5.41, 5.74) is 0. The van der Waals surface area contributed by atoms with Gasteiger partial charge in [0.1, 0.15) is 0 Å². The molecule has 0 saturated carbocycles. The van der Waals surface area contributed by atoms with E-state index >= 15 is 0 Å². The molecule has 0 saturated heterocycles. The van der Waals surface area contributed by atoms with Crippen LogP contribution >= 0.6 is 0 Å². The number of hydrogen-bond donors (Lipinski definition) is 1. The van der Waals surface area contributed by atoms with Crippen LogP contribution in [0.5, 0.6) is 0 Å². The second-order valence-corrected chi connectivity index (χ2v) is 9.82. The second-order valence-electron chi connectivity index (χ2n) is 8.17. The largest absolute Gasteiger partial charge is 1.00 e. The molecule has 0 fully saturated rings. The monoisotopic (exact) mass is 444 g/mol. The molecule has 0 aromatic heterocycles. The molecule has 0 aromatic rings. The third kappa shape index (κ3) is 20.8. The molecule has 0 spiro atoms. The van der Waals surface area contributed by atoms with Crippen LogP contribution in [-0.4, -0.2) is 29.4 Å². The molecular weight excluding hydrogens is 399 g/mol. The molecule has 2 unspecified atom stereocenters. The molecule has 1 N–H and O–H groups in total. The molecule has 0 aliphatic rings. The standard InChI is InChI=1S/C22H46O4S.K/c1-3-5-7-8-9-10-11-12-13-14-16-17-21(23)19-20-22(27(24,25)26)18-15-6-4-2;/h21-23H,3-20H2,1-2H3,(H,24,25,26);/q;+1/p-1. The molecule has 0 aromatic carbocycles. The SMILES string of the molecule is CCCCCCCCCCCCCC(O)CCC(CCCCC)S(=O)(=O)[O-].[K+]. The molecular formula is C22H45KO4S. The van der Waals surface area contributed by atoms with Gasteiger partial charge in [0.05, 0.1) is 16.2 Å². The summed E-state index contributed by atoms with van der Waals surface area (Å²) >= 11 is 0. The summed E-state index contributed by atoms with van der Waals surface area (Å²) in [6.07, 6.45) is 18.2. The first kappa shape index (κ1) is 31.7. The number of hydrogen-bond acceptors (Lipinski definition) is 4. The Morgan fingerprint density at radius 2 is 1.04 bits per heavy atom. The predicted octanol–water partition coefficient (Wildman–Crippen LogP) is 3.33. The third-order valence-electron chi connectivity index (χ3n) is 5.50. The van der Waals surface area contributed by atoms with Crippen LogP contribution in [0.4, 0.5) is 0 Å². The first-order chi connectivity index (χ1) is 12.9. The minimum atomic E-state index is -4.25. The Hall–Kier alpha value is 1.51. The fraction of sp³-hybridized carbons (Fsp3) is 1.00. The molecule has 164 valence electrons. The van der Waals surface area contributed by atoms with Gasteiger partial charge < -0.3 is 9.66 Å². The maximum Gasteiger partial charge on any atom is 1.00 e. The van der Waals surface area contributed by atoms with E-state index in [0.29, 0.717) is 19.3 Å². The van der Waals surface area contributed by atoms with Crippen molar-refractivity contribution in [2.75, 3.05) is 0 Å². The Morgan fingerprint density at radius 1 is 0.643 bits per heavy atom. The fourth-order valence-electron chi connectivity index (χ4n) is 3.62. The Balaban J connectivity index is 0. The number of aliphatic hydroxyl groups is 1. The molecule has 28 heavy (non-hydrogen) atoms. The molecule has 0 radical (unpaired) electrons. The van der Waals surface area contributed by atoms with Crippen LogP contribution in [0.15, 0.2) is 0 Å². The Labute approximate surface area is 218 Å². The summed E-state index contributed by atoms with van der Waals surface area (Å²) in [7, 11) is -4.25. The molecule has 0 heterocycles. The van der Waals surface area contributed by atoms with Gasteiger partial charge in [-0.25, -0.2) is 8.42 Å². The summed E-state index contributed by atoms with van der Waals surface area (Å²) in [6.45, 7) is 4.30. The first-order valence-electron chi connectivity index (χ1n) is 11.5. The molecule has 0 aliphatic carbocycles. The van der Waals surface area contributed by atoms with Crippen LogP contribution in [-0.2, 0) is 10.1 Å². The van der Waals surface area contributed by atoms with Crippen LogP contribution in [0.3, 0.4) is 0 Å². The summed E-state index contributed by atoms with van der Waals surface area (Å²) < 4.78 is 34.1. The van der Waals surface area contributed by atoms with Gasteiger partial charge in [-0.15, -0.1) is 0 Å². The molecule has 0 amide bonds. The van der Waals surface area contributed by atoms with Crippen molar-refractivity contribution in [2.24, 2.45) is 0 Å². The summed E-state index contributed by atoms with van der Waals surface area (Å²) in [6, 6.07) is 0. The van der Waals surface area contributed by atoms with E-state index in [-0.39, 0.29) is 51.4 Å². The predicted molar refractivity (Wildman–Crippen MR) is 114 cm³/mol. The van der Waals surface area contributed by atoms with Gasteiger partial charge in [-0.2, -0.15) is 0 Å². The quantitative estimate of drug-likeness (QED) is 0.177. The maximum atomic E-state index is 11.4. The Morgan fingerprint density at radius 3 is 1.50 bits per heavy atom. The van der Waals surface area contributed by atoms with Crippen molar-refractivity contribution < 1.29 is 69.5 Å². The normalized spacial score (nSPS) is 13.9. The van der Waals surface area contributed by atoms with Crippen LogP contribution < -0.4 is 51.4 Å². The maximum absolute atomic E-state index is 11.4. The smallest absolute Gasteiger partial charge is 0.748 e. The molecule has 0 aliphatic heterocycles. The summed E-state index contributed by atoms with van der Waals surface area (Å²) in [5, 5.41) is 9.26. The van der Waals surface area contributed by atoms with E-state index in [9.17, 15) is 18.1 Å². The average molecular weight is 445 g/mol. The first-order valence-corrected chi connectivity index (χ1v) is 13.0. The van der Waals surface area contributed by atoms with Crippen LogP contribution in [0.2, 0.25) is 0 Å². The third-order valence-corrected chi connectivity index (χ3v) is 6.79. The van der Waals surface area contributed by atoms with Crippen molar-refractivity contribution in [1.29, 1.82) is 0 Å². The minimum Gasteiger partial charge on any atom is -0.748 e. The van der Waals surface area contributed by atoms with E-state index in [1.807, 2.05) is 0 Å². The zero-order chi connectivity index (χ0) is 20.4. The van der Waals surface area contributed by atoms with Gasteiger partial charge in [-0.3, -0.25) is 0 Å². The van der Waals surface area contributed by atoms with Crippen LogP contribution in [0.25, 0.3) is 0 Å². The number of unbranched alkanes of at least 4 members (excludes halogenated alkanes) is 12. The van der Waals surface area contributed by atoms with Gasteiger partial charge in [-0.1, -0.05) is 104 Å². The molecule has 0 rings (SSSR count). The van der Waals surface area contributed by atoms with Crippen molar-refractivity contribution in [3.8, 4) is 0 Å². The van der Waals surface area contributed by atoms with Gasteiger partial charge in [0, 0.05) is 5.25 Å². The Kier molecular flexibility index (Phi) is 24.6. The zero-order valence-corrected chi connectivity index (χ0v) is 22.9. The van der Waals surface area contributed by atoms with E-state index in [2.05, 4.69) is 13.8 Å². The van der Waals surface area contributed by atoms with Gasteiger partial charge in [0.25, 0.3) is 0 Å². The summed E-state index contributed by atoms with van der Waals surface area (Å²) in [5.74, 6) is 0. The van der Waals surface area contributed by atoms with Crippen LogP contribution in [0.1, 0.15) is 129 Å². The number of rotatable bonds is 20. The van der Waals surface area contributed by atoms with E-state index in [0.717, 1.165) is 38.5 Å².